The number of ether oxygens (including phenoxy) is 2. The van der Waals surface area contributed by atoms with Gasteiger partial charge in [-0.25, -0.2) is 16.8 Å². The molecule has 464 valence electrons. The second kappa shape index (κ2) is 28.6. The first-order valence-corrected chi connectivity index (χ1v) is 30.3. The first kappa shape index (κ1) is 66.4. The van der Waals surface area contributed by atoms with E-state index in [1.807, 2.05) is 9.80 Å². The first-order valence-electron chi connectivity index (χ1n) is 27.0. The molecule has 26 heteroatoms. The highest BCUT2D eigenvalue weighted by Crippen LogP contribution is 2.40. The van der Waals surface area contributed by atoms with E-state index in [-0.39, 0.29) is 57.5 Å². The van der Waals surface area contributed by atoms with Crippen molar-refractivity contribution in [3.05, 3.63) is 190 Å². The fourth-order valence-corrected chi connectivity index (χ4v) is 12.0. The fourth-order valence-electron chi connectivity index (χ4n) is 10.2. The standard InChI is InChI=1S/2C30H31F5N2O5S/c2*1-2-43(40,41)26-13-7-20(8-14-26)27(17-38)36-28(39)21-5-11-24(12-6-21)37-16-22(15-25(37)18-42-29(31)32)19-3-9-23(10-4-19)30(33,34)35/h2*3-14,22,25,27,29,38H,2,15-18H2,1H3,(H,36,39)/t22-,25+,27+;22-,25-,27-/m10/s1. The fraction of sp³-hybridized carbons (Fsp3) is 0.367. The maximum absolute atomic E-state index is 13.0. The van der Waals surface area contributed by atoms with Crippen LogP contribution in [0, 0.1) is 0 Å². The number of hydrogen-bond acceptors (Lipinski definition) is 12. The predicted octanol–water partition coefficient (Wildman–Crippen LogP) is 11.1. The molecule has 0 saturated carbocycles. The molecule has 2 amide bonds. The zero-order valence-corrected chi connectivity index (χ0v) is 47.8. The van der Waals surface area contributed by atoms with Crippen molar-refractivity contribution in [1.29, 1.82) is 0 Å². The molecule has 2 heterocycles. The van der Waals surface area contributed by atoms with Crippen molar-refractivity contribution >= 4 is 42.9 Å². The third kappa shape index (κ3) is 17.1. The van der Waals surface area contributed by atoms with Crippen LogP contribution in [0.15, 0.2) is 155 Å². The molecular formula is C60H62F10N4O10S2. The van der Waals surface area contributed by atoms with Gasteiger partial charge in [0.25, 0.3) is 11.8 Å². The molecule has 2 aliphatic heterocycles. The summed E-state index contributed by atoms with van der Waals surface area (Å²) in [4.78, 5) is 29.8. The number of rotatable bonds is 22. The summed E-state index contributed by atoms with van der Waals surface area (Å²) in [7, 11) is -6.81. The van der Waals surface area contributed by atoms with Crippen molar-refractivity contribution in [3.8, 4) is 0 Å². The van der Waals surface area contributed by atoms with Crippen LogP contribution >= 0.6 is 0 Å². The Balaban J connectivity index is 0.000000246. The SMILES string of the molecule is CCS(=O)(=O)c1ccc([C@H](CO)NC(=O)c2ccc(N3C[C@@H](c4ccc(C(F)(F)F)cc4)C[C@H]3COC(F)F)cc2)cc1.CCS(=O)(=O)c1ccc([C@H](CO)NC(=O)c2ccc(N3C[C@H](c4ccc(C(F)(F)F)cc4)C[C@H]3COC(F)F)cc2)cc1. The number of halogens is 10. The number of sulfone groups is 2. The zero-order valence-electron chi connectivity index (χ0n) is 46.2. The summed E-state index contributed by atoms with van der Waals surface area (Å²) in [6.45, 7) is -3.69. The van der Waals surface area contributed by atoms with Crippen LogP contribution in [0.3, 0.4) is 0 Å². The van der Waals surface area contributed by atoms with E-state index in [1.165, 1.54) is 111 Å². The molecule has 0 bridgehead atoms. The summed E-state index contributed by atoms with van der Waals surface area (Å²) >= 11 is 0. The number of alkyl halides is 10. The minimum absolute atomic E-state index is 0.0599. The topological polar surface area (TPSA) is 192 Å². The van der Waals surface area contributed by atoms with E-state index in [9.17, 15) is 80.5 Å². The minimum Gasteiger partial charge on any atom is -0.394 e. The Labute approximate surface area is 490 Å². The molecule has 2 fully saturated rings. The summed E-state index contributed by atoms with van der Waals surface area (Å²) < 4.78 is 187. The van der Waals surface area contributed by atoms with Crippen molar-refractivity contribution in [2.45, 2.75) is 98.1 Å². The van der Waals surface area contributed by atoms with E-state index in [2.05, 4.69) is 20.1 Å². The molecule has 0 aliphatic carbocycles. The highest BCUT2D eigenvalue weighted by Gasteiger charge is 2.38. The molecule has 4 N–H and O–H groups in total. The van der Waals surface area contributed by atoms with Crippen molar-refractivity contribution in [2.75, 3.05) is 60.8 Å². The number of nitrogens with zero attached hydrogens (tertiary/aromatic N) is 2. The zero-order chi connectivity index (χ0) is 62.7. The lowest BCUT2D eigenvalue weighted by Gasteiger charge is -2.27. The molecule has 0 aromatic heterocycles. The van der Waals surface area contributed by atoms with Gasteiger partial charge in [-0.1, -0.05) is 62.4 Å². The Morgan fingerprint density at radius 3 is 1.09 bits per heavy atom. The van der Waals surface area contributed by atoms with Crippen LogP contribution in [0.1, 0.15) is 105 Å². The van der Waals surface area contributed by atoms with Crippen LogP contribution in [-0.2, 0) is 41.5 Å². The molecule has 6 aromatic carbocycles. The number of amides is 2. The molecule has 14 nitrogen and oxygen atoms in total. The third-order valence-electron chi connectivity index (χ3n) is 15.0. The molecule has 0 unspecified atom stereocenters. The lowest BCUT2D eigenvalue weighted by molar-refractivity contribution is -0.138. The summed E-state index contributed by atoms with van der Waals surface area (Å²) in [5, 5.41) is 25.2. The van der Waals surface area contributed by atoms with Gasteiger partial charge >= 0.3 is 25.6 Å². The van der Waals surface area contributed by atoms with Crippen LogP contribution in [0.2, 0.25) is 0 Å². The van der Waals surface area contributed by atoms with Crippen molar-refractivity contribution in [2.24, 2.45) is 0 Å². The van der Waals surface area contributed by atoms with Crippen LogP contribution in [0.25, 0.3) is 0 Å². The molecule has 8 rings (SSSR count). The Morgan fingerprint density at radius 2 is 0.826 bits per heavy atom. The van der Waals surface area contributed by atoms with Crippen LogP contribution in [0.5, 0.6) is 0 Å². The first-order chi connectivity index (χ1) is 40.6. The summed E-state index contributed by atoms with van der Waals surface area (Å²) in [5.74, 6) is -1.60. The highest BCUT2D eigenvalue weighted by molar-refractivity contribution is 7.91. The van der Waals surface area contributed by atoms with Gasteiger partial charge in [-0.05, 0) is 132 Å². The molecule has 0 radical (unpaired) electrons. The molecule has 86 heavy (non-hydrogen) atoms. The number of aliphatic hydroxyl groups is 2. The number of carbonyl (C=O) groups is 2. The number of aliphatic hydroxyl groups excluding tert-OH is 2. The Morgan fingerprint density at radius 1 is 0.512 bits per heavy atom. The second-order valence-electron chi connectivity index (χ2n) is 20.4. The smallest absolute Gasteiger partial charge is 0.394 e. The molecule has 6 aromatic rings. The lowest BCUT2D eigenvalue weighted by Crippen LogP contribution is -2.34. The maximum Gasteiger partial charge on any atom is 0.416 e. The number of anilines is 2. The molecule has 2 saturated heterocycles. The number of hydrogen-bond donors (Lipinski definition) is 4. The highest BCUT2D eigenvalue weighted by atomic mass is 32.2. The van der Waals surface area contributed by atoms with Gasteiger partial charge in [-0.15, -0.1) is 0 Å². The number of nitrogens with one attached hydrogen (secondary N) is 2. The Bertz CT molecular complexity index is 3190. The van der Waals surface area contributed by atoms with Crippen molar-refractivity contribution in [3.63, 3.8) is 0 Å². The minimum atomic E-state index is -4.47. The van der Waals surface area contributed by atoms with Gasteiger partial charge in [0.15, 0.2) is 19.7 Å². The van der Waals surface area contributed by atoms with E-state index < -0.39 is 106 Å². The van der Waals surface area contributed by atoms with Crippen LogP contribution in [-0.4, -0.2) is 115 Å². The van der Waals surface area contributed by atoms with Gasteiger partial charge in [0.1, 0.15) is 0 Å². The second-order valence-corrected chi connectivity index (χ2v) is 24.9. The molecule has 2 aliphatic rings. The van der Waals surface area contributed by atoms with Gasteiger partial charge in [-0.3, -0.25) is 9.59 Å². The van der Waals surface area contributed by atoms with Crippen molar-refractivity contribution in [1.82, 2.24) is 10.6 Å². The molecule has 0 spiro atoms. The predicted molar refractivity (Wildman–Crippen MR) is 300 cm³/mol. The van der Waals surface area contributed by atoms with Crippen LogP contribution in [0.4, 0.5) is 55.3 Å². The van der Waals surface area contributed by atoms with Gasteiger partial charge in [0.2, 0.25) is 0 Å². The van der Waals surface area contributed by atoms with E-state index in [0.29, 0.717) is 59.6 Å². The molecular weight excluding hydrogens is 1190 g/mol. The van der Waals surface area contributed by atoms with E-state index in [0.717, 1.165) is 24.3 Å². The van der Waals surface area contributed by atoms with E-state index in [4.69, 9.17) is 0 Å². The number of benzene rings is 6. The van der Waals surface area contributed by atoms with E-state index in [1.54, 1.807) is 24.3 Å². The monoisotopic (exact) mass is 1250 g/mol. The summed E-state index contributed by atoms with van der Waals surface area (Å²) in [6, 6.07) is 31.4. The maximum atomic E-state index is 13.0. The van der Waals surface area contributed by atoms with Gasteiger partial charge < -0.3 is 40.1 Å². The molecule has 6 atom stereocenters. The Hall–Kier alpha value is -7.10. The summed E-state index contributed by atoms with van der Waals surface area (Å²) in [6.07, 6.45) is -8.20. The van der Waals surface area contributed by atoms with Crippen LogP contribution < -0.4 is 20.4 Å². The lowest BCUT2D eigenvalue weighted by atomic mass is 9.95. The van der Waals surface area contributed by atoms with Crippen molar-refractivity contribution < 1.29 is 90.0 Å². The van der Waals surface area contributed by atoms with Gasteiger partial charge in [-0.2, -0.15) is 43.9 Å². The van der Waals surface area contributed by atoms with Gasteiger partial charge in [0, 0.05) is 47.4 Å². The van der Waals surface area contributed by atoms with Gasteiger partial charge in [0.05, 0.1) is 83.0 Å². The quantitative estimate of drug-likeness (QED) is 0.0471. The number of carbonyl (C=O) groups excluding carboxylic acids is 2. The third-order valence-corrected chi connectivity index (χ3v) is 18.5. The summed E-state index contributed by atoms with van der Waals surface area (Å²) in [5.41, 5.74) is 2.49. The van der Waals surface area contributed by atoms with E-state index >= 15 is 0 Å². The Kier molecular flexibility index (Phi) is 22.1. The average Bonchev–Trinajstić information content (AvgIpc) is 2.14. The average molecular weight is 1250 g/mol. The largest absolute Gasteiger partial charge is 0.416 e. The normalized spacial score (nSPS) is 18.2.